The van der Waals surface area contributed by atoms with Gasteiger partial charge < -0.3 is 0 Å². The average molecular weight is 291 g/mol. The molecule has 0 amide bonds. The van der Waals surface area contributed by atoms with Gasteiger partial charge in [0, 0.05) is 0 Å². The van der Waals surface area contributed by atoms with Crippen LogP contribution >= 0.6 is 5.51 Å². The van der Waals surface area contributed by atoms with E-state index in [0.717, 1.165) is 0 Å². The quantitative estimate of drug-likeness (QED) is 0.560. The molecule has 0 nitrogen and oxygen atoms in total. The molecular weight excluding hydrogens is 278 g/mol. The van der Waals surface area contributed by atoms with Gasteiger partial charge in [-0.2, -0.15) is 0 Å². The monoisotopic (exact) mass is 292 g/mol. The van der Waals surface area contributed by atoms with Crippen molar-refractivity contribution in [2.75, 3.05) is 6.16 Å². The molecule has 0 N–H and O–H groups in total. The molecule has 1 aliphatic heterocycles. The van der Waals surface area contributed by atoms with Crippen LogP contribution in [0.3, 0.4) is 0 Å². The minimum absolute atomic E-state index is 1.21. The van der Waals surface area contributed by atoms with Crippen molar-refractivity contribution >= 4 is 31.2 Å². The molecule has 0 saturated carbocycles. The van der Waals surface area contributed by atoms with E-state index in [1.54, 1.807) is 10.6 Å². The zero-order valence-corrected chi connectivity index (χ0v) is 11.8. The van der Waals surface area contributed by atoms with Gasteiger partial charge in [0.05, 0.1) is 0 Å². The van der Waals surface area contributed by atoms with E-state index in [9.17, 15) is 0 Å². The number of hydrogen-bond acceptors (Lipinski definition) is 0. The van der Waals surface area contributed by atoms with Gasteiger partial charge in [-0.3, -0.25) is 0 Å². The number of hydrogen-bond donors (Lipinski definition) is 0. The van der Waals surface area contributed by atoms with Gasteiger partial charge in [0.15, 0.2) is 0 Å². The van der Waals surface area contributed by atoms with Crippen molar-refractivity contribution < 1.29 is 0 Å². The molecule has 2 aromatic carbocycles. The fraction of sp³-hybridized carbons (Fsp3) is 0.143. The minimum atomic E-state index is -1.21. The zero-order valence-electron chi connectivity index (χ0n) is 9.18. The molecule has 2 aromatic rings. The predicted octanol–water partition coefficient (Wildman–Crippen LogP) is 2.74. The molecule has 0 atom stereocenters. The molecule has 0 aliphatic carbocycles. The molecule has 0 radical (unpaired) electrons. The summed E-state index contributed by atoms with van der Waals surface area (Å²) in [5.74, 6) is 0. The number of rotatable bonds is 1. The van der Waals surface area contributed by atoms with Gasteiger partial charge in [0.25, 0.3) is 0 Å². The third-order valence-electron chi connectivity index (χ3n) is 3.32. The summed E-state index contributed by atoms with van der Waals surface area (Å²) in [4.78, 5) is 0. The van der Waals surface area contributed by atoms with Crippen LogP contribution in [0.4, 0.5) is 0 Å². The molecule has 0 bridgehead atoms. The van der Waals surface area contributed by atoms with E-state index >= 15 is 0 Å². The Labute approximate surface area is 104 Å². The van der Waals surface area contributed by atoms with E-state index in [-0.39, 0.29) is 0 Å². The van der Waals surface area contributed by atoms with Gasteiger partial charge in [-0.05, 0) is 0 Å². The van der Waals surface area contributed by atoms with Crippen molar-refractivity contribution in [3.05, 3.63) is 48.5 Å². The molecule has 2 heteroatoms. The molecule has 0 aromatic heterocycles. The Kier molecular flexibility index (Phi) is 2.44. The van der Waals surface area contributed by atoms with E-state index in [2.05, 4.69) is 70.6 Å². The van der Waals surface area contributed by atoms with Crippen LogP contribution in [0.25, 0.3) is 11.1 Å². The van der Waals surface area contributed by atoms with Gasteiger partial charge in [-0.1, -0.05) is 0 Å². The number of benzene rings is 2. The molecule has 0 fully saturated rings. The summed E-state index contributed by atoms with van der Waals surface area (Å²) in [6.07, 6.45) is 1.21. The summed E-state index contributed by atoms with van der Waals surface area (Å²) < 4.78 is 0. The van der Waals surface area contributed by atoms with Gasteiger partial charge in [-0.25, -0.2) is 0 Å². The Morgan fingerprint density at radius 2 is 1.31 bits per heavy atom. The fourth-order valence-electron chi connectivity index (χ4n) is 2.50. The van der Waals surface area contributed by atoms with Gasteiger partial charge in [0.2, 0.25) is 0 Å². The Morgan fingerprint density at radius 3 is 1.75 bits per heavy atom. The van der Waals surface area contributed by atoms with Crippen molar-refractivity contribution in [1.29, 1.82) is 0 Å². The first-order valence-electron chi connectivity index (χ1n) is 5.56. The van der Waals surface area contributed by atoms with Crippen molar-refractivity contribution in [3.8, 4) is 11.1 Å². The van der Waals surface area contributed by atoms with Crippen molar-refractivity contribution in [1.82, 2.24) is 0 Å². The summed E-state index contributed by atoms with van der Waals surface area (Å²) in [6, 6.07) is 17.7. The third kappa shape index (κ3) is 1.26. The molecule has 0 unspecified atom stereocenters. The van der Waals surface area contributed by atoms with Gasteiger partial charge in [0.1, 0.15) is 0 Å². The Bertz CT molecular complexity index is 552. The van der Waals surface area contributed by atoms with Crippen LogP contribution in [0, 0.1) is 0 Å². The maximum absolute atomic E-state index is 3.53. The molecule has 1 heterocycles. The summed E-state index contributed by atoms with van der Waals surface area (Å²) >= 11 is 3.53. The van der Waals surface area contributed by atoms with Crippen LogP contribution in [0.2, 0.25) is 0 Å². The fourth-order valence-corrected chi connectivity index (χ4v) is 7.27. The van der Waals surface area contributed by atoms with Crippen LogP contribution in [0.1, 0.15) is 6.92 Å². The van der Waals surface area contributed by atoms with Crippen LogP contribution in [-0.4, -0.2) is 21.3 Å². The van der Waals surface area contributed by atoms with Crippen LogP contribution in [0.5, 0.6) is 0 Å². The van der Waals surface area contributed by atoms with Crippen LogP contribution < -0.4 is 10.6 Å². The second-order valence-electron chi connectivity index (χ2n) is 4.09. The summed E-state index contributed by atoms with van der Waals surface area (Å²) in [5, 5.41) is 3.08. The topological polar surface area (TPSA) is 0 Å². The van der Waals surface area contributed by atoms with E-state index in [1.807, 2.05) is 0 Å². The summed E-state index contributed by atoms with van der Waals surface area (Å²) in [7, 11) is 0. The first-order valence-corrected chi connectivity index (χ1v) is 9.75. The number of fused-ring (bicyclic) bond motifs is 3. The molecule has 80 valence electrons. The van der Waals surface area contributed by atoms with Crippen LogP contribution in [-0.2, 0) is 0 Å². The van der Waals surface area contributed by atoms with Crippen molar-refractivity contribution in [3.63, 3.8) is 0 Å². The molecule has 0 saturated heterocycles. The van der Waals surface area contributed by atoms with Gasteiger partial charge in [-0.15, -0.1) is 0 Å². The second kappa shape index (κ2) is 3.70. The molecule has 1 aliphatic rings. The standard InChI is InChI=1S/C14H13PSe/c1-2-15(16)13-9-5-3-7-11(13)12-8-4-6-10-14(12)15/h3-10H,2H2,1H3. The maximum atomic E-state index is 3.53. The Balaban J connectivity index is 2.44. The van der Waals surface area contributed by atoms with E-state index < -0.39 is 5.51 Å². The predicted molar refractivity (Wildman–Crippen MR) is 74.4 cm³/mol. The summed E-state index contributed by atoms with van der Waals surface area (Å²) in [5.41, 5.74) is 1.67. The van der Waals surface area contributed by atoms with Gasteiger partial charge >= 0.3 is 104 Å². The first-order chi connectivity index (χ1) is 7.77. The Morgan fingerprint density at radius 1 is 0.875 bits per heavy atom. The SMILES string of the molecule is CCP1(=[Se])c2ccccc2-c2ccccc21. The first kappa shape index (κ1) is 10.5. The molecule has 16 heavy (non-hydrogen) atoms. The van der Waals surface area contributed by atoms with Crippen molar-refractivity contribution in [2.24, 2.45) is 0 Å². The van der Waals surface area contributed by atoms with Crippen molar-refractivity contribution in [2.45, 2.75) is 6.92 Å². The van der Waals surface area contributed by atoms with E-state index in [0.29, 0.717) is 0 Å². The second-order valence-corrected chi connectivity index (χ2v) is 11.1. The average Bonchev–Trinajstić information content (AvgIpc) is 2.62. The molecule has 3 rings (SSSR count). The molecular formula is C14H13PSe. The van der Waals surface area contributed by atoms with E-state index in [4.69, 9.17) is 0 Å². The van der Waals surface area contributed by atoms with Crippen LogP contribution in [0.15, 0.2) is 48.5 Å². The Hall–Kier alpha value is -0.611. The third-order valence-corrected chi connectivity index (χ3v) is 10.7. The molecule has 0 spiro atoms. The summed E-state index contributed by atoms with van der Waals surface area (Å²) in [6.45, 7) is 2.29. The van der Waals surface area contributed by atoms with E-state index in [1.165, 1.54) is 17.3 Å². The zero-order chi connectivity index (χ0) is 11.2. The normalized spacial score (nSPS) is 15.6.